The van der Waals surface area contributed by atoms with Crippen LogP contribution in [0.5, 0.6) is 0 Å². The van der Waals surface area contributed by atoms with Gasteiger partial charge < -0.3 is 4.57 Å². The van der Waals surface area contributed by atoms with Crippen molar-refractivity contribution < 1.29 is 0 Å². The number of aromatic nitrogens is 5. The highest BCUT2D eigenvalue weighted by Crippen LogP contribution is 2.39. The fourth-order valence-corrected chi connectivity index (χ4v) is 7.40. The average molecular weight is 640 g/mol. The van der Waals surface area contributed by atoms with E-state index in [0.29, 0.717) is 0 Å². The zero-order valence-electron chi connectivity index (χ0n) is 27.0. The van der Waals surface area contributed by atoms with Crippen molar-refractivity contribution in [3.8, 4) is 45.0 Å². The molecular weight excluding hydrogens is 611 g/mol. The molecule has 5 nitrogen and oxygen atoms in total. The van der Waals surface area contributed by atoms with Gasteiger partial charge in [-0.05, 0) is 102 Å². The van der Waals surface area contributed by atoms with Gasteiger partial charge in [0.1, 0.15) is 5.65 Å². The Bertz CT molecular complexity index is 2800. The van der Waals surface area contributed by atoms with E-state index in [4.69, 9.17) is 15.0 Å². The van der Waals surface area contributed by atoms with Crippen molar-refractivity contribution in [2.45, 2.75) is 0 Å². The molecule has 0 fully saturated rings. The first-order valence-corrected chi connectivity index (χ1v) is 16.8. The fraction of sp³-hybridized carbons (Fsp3) is 0. The van der Waals surface area contributed by atoms with Crippen LogP contribution in [0.3, 0.4) is 0 Å². The molecule has 0 aliphatic carbocycles. The fourth-order valence-electron chi connectivity index (χ4n) is 7.40. The SMILES string of the molecule is c1ccc(-n2c3ccc(-c4ccc5c6ccccc6n(-c6cc(-c7ccccn7)cc(-c7ccccn7)c6)c5c4)cc3c3cccnc32)cc1. The summed E-state index contributed by atoms with van der Waals surface area (Å²) in [6.07, 6.45) is 5.56. The van der Waals surface area contributed by atoms with E-state index in [1.54, 1.807) is 0 Å². The number of nitrogens with zero attached hydrogens (tertiary/aromatic N) is 5. The molecular formula is C45H29N5. The van der Waals surface area contributed by atoms with Gasteiger partial charge in [-0.3, -0.25) is 14.5 Å². The Balaban J connectivity index is 1.20. The van der Waals surface area contributed by atoms with E-state index in [-0.39, 0.29) is 0 Å². The van der Waals surface area contributed by atoms with Gasteiger partial charge in [0.2, 0.25) is 0 Å². The minimum Gasteiger partial charge on any atom is -0.309 e. The first-order chi connectivity index (χ1) is 24.8. The van der Waals surface area contributed by atoms with Crippen molar-refractivity contribution >= 4 is 43.7 Å². The molecule has 10 rings (SSSR count). The summed E-state index contributed by atoms with van der Waals surface area (Å²) in [5, 5.41) is 4.73. The first-order valence-electron chi connectivity index (χ1n) is 16.8. The zero-order chi connectivity index (χ0) is 33.0. The molecule has 5 aromatic carbocycles. The maximum Gasteiger partial charge on any atom is 0.145 e. The van der Waals surface area contributed by atoms with Crippen LogP contribution in [0.2, 0.25) is 0 Å². The maximum atomic E-state index is 4.82. The van der Waals surface area contributed by atoms with Crippen molar-refractivity contribution in [3.63, 3.8) is 0 Å². The van der Waals surface area contributed by atoms with E-state index in [9.17, 15) is 0 Å². The Morgan fingerprint density at radius 1 is 0.320 bits per heavy atom. The number of hydrogen-bond donors (Lipinski definition) is 0. The van der Waals surface area contributed by atoms with Crippen molar-refractivity contribution in [2.75, 3.05) is 0 Å². The van der Waals surface area contributed by atoms with Gasteiger partial charge in [0.25, 0.3) is 0 Å². The Labute approximate surface area is 288 Å². The highest BCUT2D eigenvalue weighted by molar-refractivity contribution is 6.12. The number of pyridine rings is 3. The minimum absolute atomic E-state index is 0.922. The van der Waals surface area contributed by atoms with Crippen molar-refractivity contribution in [1.82, 2.24) is 24.1 Å². The summed E-state index contributed by atoms with van der Waals surface area (Å²) in [7, 11) is 0. The Morgan fingerprint density at radius 2 is 0.940 bits per heavy atom. The van der Waals surface area contributed by atoms with Crippen LogP contribution in [-0.4, -0.2) is 24.1 Å². The van der Waals surface area contributed by atoms with Crippen LogP contribution in [-0.2, 0) is 0 Å². The molecule has 0 amide bonds. The molecule has 234 valence electrons. The summed E-state index contributed by atoms with van der Waals surface area (Å²) >= 11 is 0. The van der Waals surface area contributed by atoms with Gasteiger partial charge in [0.15, 0.2) is 0 Å². The lowest BCUT2D eigenvalue weighted by Gasteiger charge is -2.14. The van der Waals surface area contributed by atoms with Gasteiger partial charge >= 0.3 is 0 Å². The molecule has 0 saturated carbocycles. The van der Waals surface area contributed by atoms with Gasteiger partial charge in [-0.2, -0.15) is 0 Å². The van der Waals surface area contributed by atoms with E-state index < -0.39 is 0 Å². The smallest absolute Gasteiger partial charge is 0.145 e. The Kier molecular flexibility index (Phi) is 6.42. The number of hydrogen-bond acceptors (Lipinski definition) is 3. The van der Waals surface area contributed by atoms with Crippen molar-refractivity contribution in [1.29, 1.82) is 0 Å². The van der Waals surface area contributed by atoms with E-state index >= 15 is 0 Å². The third-order valence-electron chi connectivity index (χ3n) is 9.64. The van der Waals surface area contributed by atoms with E-state index in [0.717, 1.165) is 72.6 Å². The molecule has 10 aromatic rings. The zero-order valence-corrected chi connectivity index (χ0v) is 27.0. The van der Waals surface area contributed by atoms with Crippen molar-refractivity contribution in [2.24, 2.45) is 0 Å². The lowest BCUT2D eigenvalue weighted by molar-refractivity contribution is 1.14. The molecule has 5 heterocycles. The van der Waals surface area contributed by atoms with E-state index in [1.165, 1.54) is 16.2 Å². The summed E-state index contributed by atoms with van der Waals surface area (Å²) in [5.41, 5.74) is 12.8. The molecule has 0 bridgehead atoms. The average Bonchev–Trinajstić information content (AvgIpc) is 3.71. The normalized spacial score (nSPS) is 11.6. The van der Waals surface area contributed by atoms with E-state index in [1.807, 2.05) is 55.0 Å². The largest absolute Gasteiger partial charge is 0.309 e. The molecule has 0 N–H and O–H groups in total. The number of para-hydroxylation sites is 2. The van der Waals surface area contributed by atoms with Gasteiger partial charge in [-0.25, -0.2) is 4.98 Å². The van der Waals surface area contributed by atoms with Crippen LogP contribution in [0.25, 0.3) is 88.8 Å². The van der Waals surface area contributed by atoms with Crippen LogP contribution in [0.4, 0.5) is 0 Å². The standard InChI is InChI=1S/C45H29N5/c1-2-11-34(12-3-1)50-43-21-19-30(28-39(43)38-14-10-24-48-45(38)50)31-18-20-37-36-13-4-5-17-42(36)49(44(37)29-31)35-26-32(40-15-6-8-22-46-40)25-33(27-35)41-16-7-9-23-47-41/h1-29H. The van der Waals surface area contributed by atoms with Gasteiger partial charge in [-0.1, -0.05) is 66.7 Å². The number of rotatable bonds is 5. The second-order valence-electron chi connectivity index (χ2n) is 12.6. The van der Waals surface area contributed by atoms with Gasteiger partial charge in [0, 0.05) is 62.6 Å². The molecule has 0 unspecified atom stereocenters. The Hall–Kier alpha value is -6.85. The molecule has 50 heavy (non-hydrogen) atoms. The second kappa shape index (κ2) is 11.4. The molecule has 0 radical (unpaired) electrons. The molecule has 0 aliphatic rings. The maximum absolute atomic E-state index is 4.82. The molecule has 5 aromatic heterocycles. The predicted molar refractivity (Wildman–Crippen MR) is 205 cm³/mol. The second-order valence-corrected chi connectivity index (χ2v) is 12.6. The summed E-state index contributed by atoms with van der Waals surface area (Å²) in [6, 6.07) is 55.7. The highest BCUT2D eigenvalue weighted by atomic mass is 15.0. The lowest BCUT2D eigenvalue weighted by atomic mass is 10.0. The topological polar surface area (TPSA) is 48.5 Å². The van der Waals surface area contributed by atoms with Gasteiger partial charge in [-0.15, -0.1) is 0 Å². The molecule has 0 atom stereocenters. The summed E-state index contributed by atoms with van der Waals surface area (Å²) in [6.45, 7) is 0. The molecule has 5 heteroatoms. The number of benzene rings is 5. The predicted octanol–water partition coefficient (Wildman–Crippen LogP) is 11.1. The van der Waals surface area contributed by atoms with Gasteiger partial charge in [0.05, 0.1) is 27.9 Å². The number of fused-ring (bicyclic) bond motifs is 6. The first kappa shape index (κ1) is 28.2. The third-order valence-corrected chi connectivity index (χ3v) is 9.64. The van der Waals surface area contributed by atoms with Crippen LogP contribution in [0, 0.1) is 0 Å². The summed E-state index contributed by atoms with van der Waals surface area (Å²) < 4.78 is 4.64. The molecule has 0 aliphatic heterocycles. The van der Waals surface area contributed by atoms with E-state index in [2.05, 4.69) is 130 Å². The molecule has 0 spiro atoms. The third kappa shape index (κ3) is 4.52. The molecule has 0 saturated heterocycles. The van der Waals surface area contributed by atoms with Crippen molar-refractivity contribution in [3.05, 3.63) is 176 Å². The highest BCUT2D eigenvalue weighted by Gasteiger charge is 2.18. The quantitative estimate of drug-likeness (QED) is 0.188. The summed E-state index contributed by atoms with van der Waals surface area (Å²) in [5.74, 6) is 0. The minimum atomic E-state index is 0.922. The lowest BCUT2D eigenvalue weighted by Crippen LogP contribution is -1.97. The van der Waals surface area contributed by atoms with Crippen LogP contribution >= 0.6 is 0 Å². The van der Waals surface area contributed by atoms with Crippen LogP contribution < -0.4 is 0 Å². The van der Waals surface area contributed by atoms with Crippen LogP contribution in [0.15, 0.2) is 176 Å². The Morgan fingerprint density at radius 3 is 1.70 bits per heavy atom. The van der Waals surface area contributed by atoms with Crippen LogP contribution in [0.1, 0.15) is 0 Å². The summed E-state index contributed by atoms with van der Waals surface area (Å²) in [4.78, 5) is 14.2. The monoisotopic (exact) mass is 639 g/mol.